The lowest BCUT2D eigenvalue weighted by atomic mass is 10.3. The van der Waals surface area contributed by atoms with E-state index in [9.17, 15) is 9.59 Å². The number of ether oxygens (including phenoxy) is 1. The first kappa shape index (κ1) is 6.82. The van der Waals surface area contributed by atoms with Gasteiger partial charge in [0.2, 0.25) is 0 Å². The van der Waals surface area contributed by atoms with Gasteiger partial charge in [-0.2, -0.15) is 0 Å². The number of thiophene rings is 1. The van der Waals surface area contributed by atoms with Gasteiger partial charge in [0.05, 0.1) is 9.90 Å². The predicted molar refractivity (Wildman–Crippen MR) is 39.1 cm³/mol. The highest BCUT2D eigenvalue weighted by Crippen LogP contribution is 2.31. The summed E-state index contributed by atoms with van der Waals surface area (Å²) in [6.45, 7) is 0. The Balaban J connectivity index is 2.67. The fraction of sp³-hybridized carbons (Fsp3) is 0. The van der Waals surface area contributed by atoms with Crippen molar-refractivity contribution in [3.63, 3.8) is 0 Å². The van der Waals surface area contributed by atoms with Crippen molar-refractivity contribution in [3.05, 3.63) is 20.8 Å². The summed E-state index contributed by atoms with van der Waals surface area (Å²) in [6.07, 6.45) is 0. The first-order valence-electron chi connectivity index (χ1n) is 2.74. The molecule has 1 aliphatic heterocycles. The number of carbonyl (C=O) groups excluding carboxylic acids is 2. The molecule has 3 nitrogen and oxygen atoms in total. The van der Waals surface area contributed by atoms with E-state index in [-0.39, 0.29) is 5.56 Å². The third-order valence-corrected chi connectivity index (χ3v) is 2.54. The smallest absolute Gasteiger partial charge is 0.357 e. The van der Waals surface area contributed by atoms with Crippen LogP contribution in [0.1, 0.15) is 20.0 Å². The van der Waals surface area contributed by atoms with Gasteiger partial charge in [-0.1, -0.05) is 11.6 Å². The monoisotopic (exact) mass is 188 g/mol. The summed E-state index contributed by atoms with van der Waals surface area (Å²) in [5, 5.41) is 0. The average Bonchev–Trinajstić information content (AvgIpc) is 2.38. The fourth-order valence-electron chi connectivity index (χ4n) is 0.850. The van der Waals surface area contributed by atoms with Crippen LogP contribution in [0.4, 0.5) is 0 Å². The maximum absolute atomic E-state index is 10.8. The minimum absolute atomic E-state index is 0.282. The summed E-state index contributed by atoms with van der Waals surface area (Å²) in [5.41, 5.74) is 0.282. The Hall–Kier alpha value is -0.870. The number of hydrogen-bond donors (Lipinski definition) is 0. The zero-order chi connectivity index (χ0) is 8.01. The van der Waals surface area contributed by atoms with E-state index in [0.29, 0.717) is 9.21 Å². The molecule has 11 heavy (non-hydrogen) atoms. The second kappa shape index (κ2) is 2.06. The molecule has 0 unspecified atom stereocenters. The van der Waals surface area contributed by atoms with Gasteiger partial charge in [-0.05, 0) is 6.07 Å². The van der Waals surface area contributed by atoms with Crippen LogP contribution in [0.3, 0.4) is 0 Å². The third kappa shape index (κ3) is 0.868. The molecule has 56 valence electrons. The Morgan fingerprint density at radius 1 is 1.36 bits per heavy atom. The molecule has 1 aromatic heterocycles. The van der Waals surface area contributed by atoms with Crippen molar-refractivity contribution in [2.75, 3.05) is 0 Å². The van der Waals surface area contributed by atoms with E-state index in [2.05, 4.69) is 4.74 Å². The highest BCUT2D eigenvalue weighted by atomic mass is 35.5. The van der Waals surface area contributed by atoms with Gasteiger partial charge in [0.25, 0.3) is 0 Å². The molecule has 1 aliphatic rings. The molecule has 0 atom stereocenters. The van der Waals surface area contributed by atoms with Crippen LogP contribution >= 0.6 is 22.9 Å². The van der Waals surface area contributed by atoms with Gasteiger partial charge in [0.15, 0.2) is 0 Å². The Kier molecular flexibility index (Phi) is 1.27. The standard InChI is InChI=1S/C6HClO3S/c7-3-1-2-4(11-3)6(9)10-5(2)8/h1H. The van der Waals surface area contributed by atoms with E-state index < -0.39 is 11.9 Å². The second-order valence-electron chi connectivity index (χ2n) is 1.97. The Morgan fingerprint density at radius 2 is 2.09 bits per heavy atom. The summed E-state index contributed by atoms with van der Waals surface area (Å²) in [7, 11) is 0. The molecular formula is C6HClO3S. The largest absolute Gasteiger partial charge is 0.385 e. The SMILES string of the molecule is O=C1OC(=O)c2sc(Cl)cc21. The van der Waals surface area contributed by atoms with Gasteiger partial charge in [-0.3, -0.25) is 0 Å². The number of rotatable bonds is 0. The van der Waals surface area contributed by atoms with Crippen LogP contribution in [0.15, 0.2) is 6.07 Å². The van der Waals surface area contributed by atoms with Crippen LogP contribution in [-0.2, 0) is 4.74 Å². The normalized spacial score (nSPS) is 15.0. The minimum atomic E-state index is -0.604. The topological polar surface area (TPSA) is 43.4 Å². The molecule has 0 spiro atoms. The first-order valence-corrected chi connectivity index (χ1v) is 3.94. The van der Waals surface area contributed by atoms with Crippen LogP contribution in [0.25, 0.3) is 0 Å². The van der Waals surface area contributed by atoms with Crippen LogP contribution in [0.5, 0.6) is 0 Å². The minimum Gasteiger partial charge on any atom is -0.385 e. The van der Waals surface area contributed by atoms with Gasteiger partial charge < -0.3 is 4.74 Å². The summed E-state index contributed by atoms with van der Waals surface area (Å²) in [5.74, 6) is -1.20. The van der Waals surface area contributed by atoms with Crippen LogP contribution in [0, 0.1) is 0 Å². The molecule has 0 saturated heterocycles. The molecule has 0 fully saturated rings. The summed E-state index contributed by atoms with van der Waals surface area (Å²) >= 11 is 6.63. The molecule has 0 bridgehead atoms. The van der Waals surface area contributed by atoms with Gasteiger partial charge in [0, 0.05) is 0 Å². The summed E-state index contributed by atoms with van der Waals surface area (Å²) in [4.78, 5) is 21.9. The maximum Gasteiger partial charge on any atom is 0.357 e. The number of cyclic esters (lactones) is 2. The van der Waals surface area contributed by atoms with E-state index in [1.54, 1.807) is 0 Å². The number of carbonyl (C=O) groups is 2. The maximum atomic E-state index is 10.8. The van der Waals surface area contributed by atoms with E-state index in [0.717, 1.165) is 11.3 Å². The van der Waals surface area contributed by atoms with Crippen molar-refractivity contribution in [2.24, 2.45) is 0 Å². The van der Waals surface area contributed by atoms with Gasteiger partial charge in [-0.15, -0.1) is 11.3 Å². The molecular weight excluding hydrogens is 188 g/mol. The van der Waals surface area contributed by atoms with E-state index in [1.807, 2.05) is 0 Å². The molecule has 0 saturated carbocycles. The molecule has 2 rings (SSSR count). The molecule has 0 aliphatic carbocycles. The lowest BCUT2D eigenvalue weighted by Gasteiger charge is -1.84. The van der Waals surface area contributed by atoms with Crippen molar-refractivity contribution >= 4 is 34.9 Å². The Labute approximate surface area is 70.5 Å². The van der Waals surface area contributed by atoms with Crippen molar-refractivity contribution in [3.8, 4) is 0 Å². The third-order valence-electron chi connectivity index (χ3n) is 1.29. The van der Waals surface area contributed by atoms with Crippen molar-refractivity contribution in [1.29, 1.82) is 0 Å². The second-order valence-corrected chi connectivity index (χ2v) is 3.65. The molecule has 0 radical (unpaired) electrons. The lowest BCUT2D eigenvalue weighted by molar-refractivity contribution is 0.0445. The highest BCUT2D eigenvalue weighted by Gasteiger charge is 2.32. The Morgan fingerprint density at radius 3 is 2.73 bits per heavy atom. The van der Waals surface area contributed by atoms with E-state index in [4.69, 9.17) is 11.6 Å². The summed E-state index contributed by atoms with van der Waals surface area (Å²) in [6, 6.07) is 1.44. The zero-order valence-corrected chi connectivity index (χ0v) is 6.66. The van der Waals surface area contributed by atoms with E-state index in [1.165, 1.54) is 6.07 Å². The molecule has 5 heteroatoms. The van der Waals surface area contributed by atoms with E-state index >= 15 is 0 Å². The quantitative estimate of drug-likeness (QED) is 0.460. The number of halogens is 1. The number of esters is 2. The van der Waals surface area contributed by atoms with Gasteiger partial charge in [-0.25, -0.2) is 9.59 Å². The van der Waals surface area contributed by atoms with Gasteiger partial charge in [0.1, 0.15) is 4.88 Å². The van der Waals surface area contributed by atoms with Crippen LogP contribution in [-0.4, -0.2) is 11.9 Å². The average molecular weight is 189 g/mol. The number of hydrogen-bond acceptors (Lipinski definition) is 4. The highest BCUT2D eigenvalue weighted by molar-refractivity contribution is 7.18. The van der Waals surface area contributed by atoms with Crippen LogP contribution < -0.4 is 0 Å². The molecule has 1 aromatic rings. The predicted octanol–water partition coefficient (Wildman–Crippen LogP) is 1.71. The first-order chi connectivity index (χ1) is 5.18. The molecule has 0 N–H and O–H groups in total. The van der Waals surface area contributed by atoms with Gasteiger partial charge >= 0.3 is 11.9 Å². The number of fused-ring (bicyclic) bond motifs is 1. The van der Waals surface area contributed by atoms with Crippen molar-refractivity contribution < 1.29 is 14.3 Å². The van der Waals surface area contributed by atoms with Crippen LogP contribution in [0.2, 0.25) is 4.34 Å². The Bertz CT molecular complexity index is 323. The molecule has 0 amide bonds. The lowest BCUT2D eigenvalue weighted by Crippen LogP contribution is -1.97. The molecule has 0 aromatic carbocycles. The van der Waals surface area contributed by atoms with Crippen molar-refractivity contribution in [2.45, 2.75) is 0 Å². The molecule has 2 heterocycles. The zero-order valence-electron chi connectivity index (χ0n) is 5.09. The van der Waals surface area contributed by atoms with Crippen molar-refractivity contribution in [1.82, 2.24) is 0 Å². The summed E-state index contributed by atoms with van der Waals surface area (Å²) < 4.78 is 4.73. The fourth-order valence-corrected chi connectivity index (χ4v) is 1.94.